The fourth-order valence-electron chi connectivity index (χ4n) is 3.04. The minimum absolute atomic E-state index is 0.00574. The average Bonchev–Trinajstić information content (AvgIpc) is 2.58. The van der Waals surface area contributed by atoms with E-state index in [1.54, 1.807) is 4.90 Å². The number of piperidine rings is 1. The summed E-state index contributed by atoms with van der Waals surface area (Å²) in [6.45, 7) is 11.5. The molecular formula is C21H32N2O3. The lowest BCUT2D eigenvalue weighted by atomic mass is 9.97. The van der Waals surface area contributed by atoms with Gasteiger partial charge in [0.05, 0.1) is 5.92 Å². The predicted molar refractivity (Wildman–Crippen MR) is 103 cm³/mol. The van der Waals surface area contributed by atoms with Crippen molar-refractivity contribution in [1.29, 1.82) is 0 Å². The molecule has 26 heavy (non-hydrogen) atoms. The van der Waals surface area contributed by atoms with Crippen LogP contribution in [0.3, 0.4) is 0 Å². The van der Waals surface area contributed by atoms with E-state index in [0.29, 0.717) is 25.6 Å². The van der Waals surface area contributed by atoms with Gasteiger partial charge >= 0.3 is 6.09 Å². The van der Waals surface area contributed by atoms with Crippen molar-refractivity contribution in [3.63, 3.8) is 0 Å². The molecule has 1 atom stereocenters. The van der Waals surface area contributed by atoms with E-state index >= 15 is 0 Å². The highest BCUT2D eigenvalue weighted by Crippen LogP contribution is 2.20. The van der Waals surface area contributed by atoms with Gasteiger partial charge < -0.3 is 15.0 Å². The number of amides is 2. The van der Waals surface area contributed by atoms with Gasteiger partial charge in [0.15, 0.2) is 0 Å². The van der Waals surface area contributed by atoms with Crippen LogP contribution in [0, 0.1) is 5.92 Å². The molecule has 1 aliphatic rings. The Balaban J connectivity index is 1.85. The van der Waals surface area contributed by atoms with Crippen molar-refractivity contribution in [2.75, 3.05) is 13.1 Å². The summed E-state index contributed by atoms with van der Waals surface area (Å²) in [4.78, 5) is 26.4. The molecule has 5 nitrogen and oxygen atoms in total. The van der Waals surface area contributed by atoms with Crippen LogP contribution >= 0.6 is 0 Å². The minimum Gasteiger partial charge on any atom is -0.444 e. The summed E-state index contributed by atoms with van der Waals surface area (Å²) < 4.78 is 5.42. The maximum absolute atomic E-state index is 12.5. The van der Waals surface area contributed by atoms with E-state index in [0.717, 1.165) is 18.4 Å². The Bertz CT molecular complexity index is 617. The van der Waals surface area contributed by atoms with Gasteiger partial charge in [0.2, 0.25) is 5.91 Å². The lowest BCUT2D eigenvalue weighted by molar-refractivity contribution is -0.126. The highest BCUT2D eigenvalue weighted by atomic mass is 16.6. The summed E-state index contributed by atoms with van der Waals surface area (Å²) >= 11 is 0. The lowest BCUT2D eigenvalue weighted by Gasteiger charge is -2.33. The van der Waals surface area contributed by atoms with Crippen molar-refractivity contribution in [1.82, 2.24) is 10.2 Å². The summed E-state index contributed by atoms with van der Waals surface area (Å²) in [6.07, 6.45) is 1.29. The van der Waals surface area contributed by atoms with Gasteiger partial charge in [-0.05, 0) is 50.7 Å². The van der Waals surface area contributed by atoms with Crippen LogP contribution in [-0.2, 0) is 16.1 Å². The van der Waals surface area contributed by atoms with Gasteiger partial charge in [-0.1, -0.05) is 38.1 Å². The molecule has 1 saturated heterocycles. The van der Waals surface area contributed by atoms with Gasteiger partial charge in [0.1, 0.15) is 5.60 Å². The first-order valence-electron chi connectivity index (χ1n) is 9.50. The number of benzene rings is 1. The first kappa shape index (κ1) is 20.3. The van der Waals surface area contributed by atoms with Gasteiger partial charge in [0.25, 0.3) is 0 Å². The first-order chi connectivity index (χ1) is 12.2. The van der Waals surface area contributed by atoms with Crippen molar-refractivity contribution < 1.29 is 14.3 Å². The Morgan fingerprint density at radius 2 is 1.88 bits per heavy atom. The summed E-state index contributed by atoms with van der Waals surface area (Å²) in [5.74, 6) is 0.331. The topological polar surface area (TPSA) is 58.6 Å². The van der Waals surface area contributed by atoms with Crippen molar-refractivity contribution in [3.05, 3.63) is 35.4 Å². The van der Waals surface area contributed by atoms with Gasteiger partial charge in [-0.25, -0.2) is 4.79 Å². The molecule has 0 spiro atoms. The Morgan fingerprint density at radius 3 is 2.46 bits per heavy atom. The number of ether oxygens (including phenoxy) is 1. The number of nitrogens with one attached hydrogen (secondary N) is 1. The van der Waals surface area contributed by atoms with Crippen molar-refractivity contribution >= 4 is 12.0 Å². The van der Waals surface area contributed by atoms with Gasteiger partial charge in [-0.15, -0.1) is 0 Å². The van der Waals surface area contributed by atoms with E-state index in [4.69, 9.17) is 4.74 Å². The monoisotopic (exact) mass is 360 g/mol. The molecule has 1 fully saturated rings. The van der Waals surface area contributed by atoms with E-state index in [-0.39, 0.29) is 17.9 Å². The highest BCUT2D eigenvalue weighted by molar-refractivity contribution is 5.80. The SMILES string of the molecule is CC(C)c1ccc(CNC(=O)[C@@H]2CCCN(C(=O)OC(C)(C)C)C2)cc1. The van der Waals surface area contributed by atoms with Crippen LogP contribution in [0.2, 0.25) is 0 Å². The molecule has 0 unspecified atom stereocenters. The highest BCUT2D eigenvalue weighted by Gasteiger charge is 2.30. The van der Waals surface area contributed by atoms with Gasteiger partial charge in [0, 0.05) is 19.6 Å². The summed E-state index contributed by atoms with van der Waals surface area (Å²) in [5.41, 5.74) is 1.86. The largest absolute Gasteiger partial charge is 0.444 e. The number of rotatable bonds is 4. The van der Waals surface area contributed by atoms with Gasteiger partial charge in [-0.2, -0.15) is 0 Å². The second kappa shape index (κ2) is 8.56. The molecule has 0 aromatic heterocycles. The maximum Gasteiger partial charge on any atom is 0.410 e. The zero-order chi connectivity index (χ0) is 19.3. The van der Waals surface area contributed by atoms with E-state index in [1.165, 1.54) is 5.56 Å². The molecule has 5 heteroatoms. The second-order valence-electron chi connectivity index (χ2n) is 8.38. The van der Waals surface area contributed by atoms with Crippen molar-refractivity contribution in [2.24, 2.45) is 5.92 Å². The zero-order valence-corrected chi connectivity index (χ0v) is 16.7. The van der Waals surface area contributed by atoms with Crippen LogP contribution in [0.25, 0.3) is 0 Å². The molecule has 0 saturated carbocycles. The smallest absolute Gasteiger partial charge is 0.410 e. The minimum atomic E-state index is -0.519. The van der Waals surface area contributed by atoms with Gasteiger partial charge in [-0.3, -0.25) is 4.79 Å². The van der Waals surface area contributed by atoms with E-state index < -0.39 is 5.60 Å². The Hall–Kier alpha value is -2.04. The third-order valence-electron chi connectivity index (χ3n) is 4.56. The third-order valence-corrected chi connectivity index (χ3v) is 4.56. The van der Waals surface area contributed by atoms with Crippen molar-refractivity contribution in [3.8, 4) is 0 Å². The summed E-state index contributed by atoms with van der Waals surface area (Å²) in [5, 5.41) is 3.01. The van der Waals surface area contributed by atoms with Crippen LogP contribution in [0.1, 0.15) is 64.5 Å². The molecule has 0 radical (unpaired) electrons. The molecule has 0 bridgehead atoms. The normalized spacial score (nSPS) is 17.9. The van der Waals surface area contributed by atoms with E-state index in [2.05, 4.69) is 43.4 Å². The van der Waals surface area contributed by atoms with E-state index in [1.807, 2.05) is 20.8 Å². The molecule has 1 aromatic rings. The van der Waals surface area contributed by atoms with Crippen LogP contribution in [0.15, 0.2) is 24.3 Å². The fourth-order valence-corrected chi connectivity index (χ4v) is 3.04. The zero-order valence-electron chi connectivity index (χ0n) is 16.7. The molecule has 1 aromatic carbocycles. The average molecular weight is 360 g/mol. The Labute approximate surface area is 157 Å². The second-order valence-corrected chi connectivity index (χ2v) is 8.38. The van der Waals surface area contributed by atoms with Crippen molar-refractivity contribution in [2.45, 2.75) is 65.5 Å². The molecule has 2 rings (SSSR count). The molecule has 1 aliphatic heterocycles. The molecule has 1 N–H and O–H groups in total. The Morgan fingerprint density at radius 1 is 1.23 bits per heavy atom. The molecule has 144 valence electrons. The number of likely N-dealkylation sites (tertiary alicyclic amines) is 1. The number of hydrogen-bond acceptors (Lipinski definition) is 3. The molecule has 2 amide bonds. The van der Waals surface area contributed by atoms with Crippen LogP contribution in [-0.4, -0.2) is 35.6 Å². The van der Waals surface area contributed by atoms with E-state index in [9.17, 15) is 9.59 Å². The summed E-state index contributed by atoms with van der Waals surface area (Å²) in [7, 11) is 0. The predicted octanol–water partition coefficient (Wildman–Crippen LogP) is 4.07. The fraction of sp³-hybridized carbons (Fsp3) is 0.619. The number of nitrogens with zero attached hydrogens (tertiary/aromatic N) is 1. The van der Waals surface area contributed by atoms with Crippen LogP contribution in [0.5, 0.6) is 0 Å². The van der Waals surface area contributed by atoms with Crippen LogP contribution in [0.4, 0.5) is 4.79 Å². The Kier molecular flexibility index (Phi) is 6.68. The first-order valence-corrected chi connectivity index (χ1v) is 9.50. The quantitative estimate of drug-likeness (QED) is 0.880. The third kappa shape index (κ3) is 6.04. The van der Waals surface area contributed by atoms with Crippen LogP contribution < -0.4 is 5.32 Å². The molecular weight excluding hydrogens is 328 g/mol. The summed E-state index contributed by atoms with van der Waals surface area (Å²) in [6, 6.07) is 8.33. The lowest BCUT2D eigenvalue weighted by Crippen LogP contribution is -2.46. The maximum atomic E-state index is 12.5. The number of carbonyl (C=O) groups is 2. The standard InChI is InChI=1S/C21H32N2O3/c1-15(2)17-10-8-16(9-11-17)13-22-19(24)18-7-6-12-23(14-18)20(25)26-21(3,4)5/h8-11,15,18H,6-7,12-14H2,1-5H3,(H,22,24)/t18-/m1/s1. The molecule has 1 heterocycles. The number of carbonyl (C=O) groups excluding carboxylic acids is 2. The molecule has 0 aliphatic carbocycles. The number of hydrogen-bond donors (Lipinski definition) is 1.